The molecule has 0 saturated carbocycles. The highest BCUT2D eigenvalue weighted by molar-refractivity contribution is 7.91. The lowest BCUT2D eigenvalue weighted by Crippen LogP contribution is -2.56. The van der Waals surface area contributed by atoms with E-state index in [1.54, 1.807) is 11.4 Å². The molecular formula is C20H27N9O2S2. The molecule has 33 heavy (non-hydrogen) atoms. The molecule has 1 atom stereocenters. The fourth-order valence-corrected chi connectivity index (χ4v) is 6.75. The molecule has 2 aliphatic rings. The Morgan fingerprint density at radius 3 is 2.64 bits per heavy atom. The molecule has 13 heteroatoms. The first kappa shape index (κ1) is 22.1. The topological polar surface area (TPSA) is 124 Å². The highest BCUT2D eigenvalue weighted by Crippen LogP contribution is 2.35. The fraction of sp³-hybridized carbons (Fsp3) is 0.450. The molecule has 3 N–H and O–H groups in total. The van der Waals surface area contributed by atoms with E-state index >= 15 is 0 Å². The Bertz CT molecular complexity index is 1340. The summed E-state index contributed by atoms with van der Waals surface area (Å²) in [5.41, 5.74) is 8.44. The van der Waals surface area contributed by atoms with E-state index in [-0.39, 0.29) is 12.0 Å². The Balaban J connectivity index is 1.56. The predicted molar refractivity (Wildman–Crippen MR) is 130 cm³/mol. The lowest BCUT2D eigenvalue weighted by Gasteiger charge is -2.38. The Morgan fingerprint density at radius 1 is 1.24 bits per heavy atom. The van der Waals surface area contributed by atoms with E-state index in [9.17, 15) is 8.42 Å². The summed E-state index contributed by atoms with van der Waals surface area (Å²) in [7, 11) is 1.49. The van der Waals surface area contributed by atoms with Crippen LogP contribution in [0.3, 0.4) is 0 Å². The lowest BCUT2D eigenvalue weighted by molar-refractivity contribution is 0.381. The molecule has 3 aromatic rings. The van der Waals surface area contributed by atoms with Crippen LogP contribution in [-0.4, -0.2) is 85.4 Å². The number of sulfonamides is 1. The first-order valence-electron chi connectivity index (χ1n) is 10.6. The third-order valence-corrected chi connectivity index (χ3v) is 9.44. The van der Waals surface area contributed by atoms with Crippen molar-refractivity contribution in [2.45, 2.75) is 23.1 Å². The average molecular weight is 490 g/mol. The number of aryl methyl sites for hydroxylation is 1. The molecule has 11 nitrogen and oxygen atoms in total. The SMILES string of the molecule is Cc1cc(Nc2cc(N3CC(N)C3)nc3c(C4C=NN(C)C4)cnn23)sc1S(=O)(=O)N(C)C. The number of hydrogen-bond donors (Lipinski definition) is 2. The number of nitrogens with two attached hydrogens (primary N) is 1. The number of fused-ring (bicyclic) bond motifs is 1. The van der Waals surface area contributed by atoms with Gasteiger partial charge in [-0.1, -0.05) is 0 Å². The van der Waals surface area contributed by atoms with Crippen LogP contribution >= 0.6 is 11.3 Å². The van der Waals surface area contributed by atoms with Gasteiger partial charge in [0, 0.05) is 70.6 Å². The minimum Gasteiger partial charge on any atom is -0.353 e. The smallest absolute Gasteiger partial charge is 0.252 e. The van der Waals surface area contributed by atoms with Crippen LogP contribution in [0.2, 0.25) is 0 Å². The maximum Gasteiger partial charge on any atom is 0.252 e. The van der Waals surface area contributed by atoms with E-state index in [2.05, 4.69) is 20.4 Å². The van der Waals surface area contributed by atoms with E-state index in [4.69, 9.17) is 10.7 Å². The van der Waals surface area contributed by atoms with Crippen molar-refractivity contribution in [1.82, 2.24) is 23.9 Å². The summed E-state index contributed by atoms with van der Waals surface area (Å²) in [6, 6.07) is 3.91. The molecule has 2 aliphatic heterocycles. The van der Waals surface area contributed by atoms with E-state index < -0.39 is 10.0 Å². The van der Waals surface area contributed by atoms with Gasteiger partial charge < -0.3 is 16.0 Å². The van der Waals surface area contributed by atoms with Gasteiger partial charge in [0.25, 0.3) is 10.0 Å². The second-order valence-electron chi connectivity index (χ2n) is 8.70. The summed E-state index contributed by atoms with van der Waals surface area (Å²) in [4.78, 5) is 7.03. The third kappa shape index (κ3) is 3.84. The minimum absolute atomic E-state index is 0.0996. The Hall–Kier alpha value is -2.74. The molecule has 5 heterocycles. The average Bonchev–Trinajstić information content (AvgIpc) is 3.43. The van der Waals surface area contributed by atoms with Gasteiger partial charge in [0.1, 0.15) is 15.8 Å². The molecule has 0 spiro atoms. The molecule has 0 bridgehead atoms. The van der Waals surface area contributed by atoms with Crippen molar-refractivity contribution in [3.05, 3.63) is 29.5 Å². The number of hydrogen-bond acceptors (Lipinski definition) is 10. The van der Waals surface area contributed by atoms with E-state index in [1.165, 1.54) is 29.7 Å². The number of aromatic nitrogens is 3. The van der Waals surface area contributed by atoms with Crippen molar-refractivity contribution in [3.8, 4) is 0 Å². The van der Waals surface area contributed by atoms with Gasteiger partial charge in [-0.05, 0) is 18.6 Å². The van der Waals surface area contributed by atoms with Gasteiger partial charge in [0.15, 0.2) is 5.65 Å². The maximum atomic E-state index is 12.7. The van der Waals surface area contributed by atoms with Crippen LogP contribution in [-0.2, 0) is 10.0 Å². The first-order chi connectivity index (χ1) is 15.6. The van der Waals surface area contributed by atoms with Crippen molar-refractivity contribution >= 4 is 49.9 Å². The summed E-state index contributed by atoms with van der Waals surface area (Å²) < 4.78 is 28.7. The van der Waals surface area contributed by atoms with Crippen LogP contribution in [0.15, 0.2) is 27.6 Å². The lowest BCUT2D eigenvalue weighted by atomic mass is 10.0. The number of thiophene rings is 1. The van der Waals surface area contributed by atoms with Crippen LogP contribution in [0.1, 0.15) is 17.0 Å². The third-order valence-electron chi connectivity index (χ3n) is 5.86. The van der Waals surface area contributed by atoms with Crippen molar-refractivity contribution in [2.75, 3.05) is 51.0 Å². The quantitative estimate of drug-likeness (QED) is 0.530. The Morgan fingerprint density at radius 2 is 2.00 bits per heavy atom. The zero-order valence-electron chi connectivity index (χ0n) is 18.9. The van der Waals surface area contributed by atoms with E-state index in [1.807, 2.05) is 36.6 Å². The molecule has 1 saturated heterocycles. The summed E-state index contributed by atoms with van der Waals surface area (Å²) in [6.45, 7) is 4.04. The predicted octanol–water partition coefficient (Wildman–Crippen LogP) is 1.26. The van der Waals surface area contributed by atoms with Gasteiger partial charge in [-0.25, -0.2) is 17.7 Å². The van der Waals surface area contributed by atoms with Crippen LogP contribution < -0.4 is 16.0 Å². The highest BCUT2D eigenvalue weighted by Gasteiger charge is 2.28. The molecule has 0 aliphatic carbocycles. The Kier molecular flexibility index (Phi) is 5.31. The molecule has 1 unspecified atom stereocenters. The summed E-state index contributed by atoms with van der Waals surface area (Å²) in [5.74, 6) is 1.62. The molecular weight excluding hydrogens is 462 g/mol. The number of nitrogens with zero attached hydrogens (tertiary/aromatic N) is 7. The van der Waals surface area contributed by atoms with Crippen LogP contribution in [0, 0.1) is 6.92 Å². The van der Waals surface area contributed by atoms with Crippen molar-refractivity contribution < 1.29 is 8.42 Å². The minimum atomic E-state index is -3.52. The van der Waals surface area contributed by atoms with Crippen LogP contribution in [0.25, 0.3) is 5.65 Å². The van der Waals surface area contributed by atoms with Crippen molar-refractivity contribution in [1.29, 1.82) is 0 Å². The van der Waals surface area contributed by atoms with Gasteiger partial charge in [0.05, 0.1) is 11.2 Å². The molecule has 0 radical (unpaired) electrons. The van der Waals surface area contributed by atoms with Gasteiger partial charge in [0.2, 0.25) is 0 Å². The second-order valence-corrected chi connectivity index (χ2v) is 12.1. The summed E-state index contributed by atoms with van der Waals surface area (Å²) in [5, 5.41) is 14.9. The second kappa shape index (κ2) is 7.94. The number of hydrazone groups is 1. The van der Waals surface area contributed by atoms with Crippen LogP contribution in [0.4, 0.5) is 16.6 Å². The van der Waals surface area contributed by atoms with Crippen molar-refractivity contribution in [3.63, 3.8) is 0 Å². The molecule has 0 aromatic carbocycles. The first-order valence-corrected chi connectivity index (χ1v) is 12.8. The molecule has 1 fully saturated rings. The monoisotopic (exact) mass is 489 g/mol. The van der Waals surface area contributed by atoms with E-state index in [0.29, 0.717) is 20.6 Å². The molecule has 3 aromatic heterocycles. The van der Waals surface area contributed by atoms with E-state index in [0.717, 1.165) is 36.7 Å². The number of likely N-dealkylation sites (N-methyl/N-ethyl adjacent to an activating group) is 1. The maximum absolute atomic E-state index is 12.7. The number of rotatable bonds is 6. The molecule has 5 rings (SSSR count). The zero-order valence-corrected chi connectivity index (χ0v) is 20.6. The van der Waals surface area contributed by atoms with Gasteiger partial charge in [-0.3, -0.25) is 5.01 Å². The molecule has 0 amide bonds. The Labute approximate surface area is 196 Å². The van der Waals surface area contributed by atoms with Gasteiger partial charge >= 0.3 is 0 Å². The normalized spacial score (nSPS) is 19.2. The molecule has 176 valence electrons. The van der Waals surface area contributed by atoms with Crippen molar-refractivity contribution in [2.24, 2.45) is 10.8 Å². The highest BCUT2D eigenvalue weighted by atomic mass is 32.2. The summed E-state index contributed by atoms with van der Waals surface area (Å²) in [6.07, 6.45) is 3.75. The van der Waals surface area contributed by atoms with Crippen LogP contribution in [0.5, 0.6) is 0 Å². The fourth-order valence-electron chi connectivity index (χ4n) is 4.01. The summed E-state index contributed by atoms with van der Waals surface area (Å²) >= 11 is 1.20. The van der Waals surface area contributed by atoms with Gasteiger partial charge in [-0.2, -0.15) is 14.7 Å². The standard InChI is InChI=1S/C20H27N9O2S2/c1-12-5-18(32-20(12)33(30,31)26(2)3)24-17-6-16(28-10-14(21)11-28)25-19-15(8-23-29(17)19)13-7-22-27(4)9-13/h5-8,13-14,24H,9-11,21H2,1-4H3. The van der Waals surface area contributed by atoms with Gasteiger partial charge in [-0.15, -0.1) is 11.3 Å². The largest absolute Gasteiger partial charge is 0.353 e. The zero-order chi connectivity index (χ0) is 23.5. The number of anilines is 3. The number of nitrogens with one attached hydrogen (secondary N) is 1.